The van der Waals surface area contributed by atoms with Gasteiger partial charge < -0.3 is 9.47 Å². The third kappa shape index (κ3) is 8.86. The number of esters is 2. The number of rotatable bonds is 12. The van der Waals surface area contributed by atoms with Crippen molar-refractivity contribution in [2.75, 3.05) is 51.2 Å². The van der Waals surface area contributed by atoms with Crippen LogP contribution in [0, 0.1) is 0 Å². The van der Waals surface area contributed by atoms with Crippen molar-refractivity contribution >= 4 is 43.2 Å². The van der Waals surface area contributed by atoms with E-state index in [4.69, 9.17) is 32.7 Å². The summed E-state index contributed by atoms with van der Waals surface area (Å²) in [7, 11) is -2.16. The van der Waals surface area contributed by atoms with Gasteiger partial charge in [0.05, 0.1) is 26.3 Å². The molecule has 0 aromatic heterocycles. The largest absolute Gasteiger partial charge is 0.538 e. The lowest BCUT2D eigenvalue weighted by atomic mass is 10.5. The molecule has 0 aliphatic heterocycles. The number of carbonyl (C=O) groups is 2. The van der Waals surface area contributed by atoms with Gasteiger partial charge in [-0.1, -0.05) is 9.34 Å². The summed E-state index contributed by atoms with van der Waals surface area (Å²) in [5, 5.41) is 0. The maximum Gasteiger partial charge on any atom is 0.538 e. The van der Waals surface area contributed by atoms with Crippen molar-refractivity contribution in [2.45, 2.75) is 13.8 Å². The molecule has 0 amide bonds. The Morgan fingerprint density at radius 3 is 1.64 bits per heavy atom. The van der Waals surface area contributed by atoms with Gasteiger partial charge in [-0.15, -0.1) is 23.2 Å². The maximum atomic E-state index is 12.6. The molecule has 1 atom stereocenters. The van der Waals surface area contributed by atoms with E-state index in [2.05, 4.69) is 0 Å². The molecule has 0 N–H and O–H groups in total. The molecule has 0 fully saturated rings. The highest BCUT2D eigenvalue weighted by Crippen LogP contribution is 2.31. The second kappa shape index (κ2) is 13.0. The molecule has 22 heavy (non-hydrogen) atoms. The highest BCUT2D eigenvalue weighted by Gasteiger charge is 2.39. The molecular weight excluding hydrogens is 354 g/mol. The summed E-state index contributed by atoms with van der Waals surface area (Å²) in [5.41, 5.74) is 0. The Morgan fingerprint density at radius 2 is 1.32 bits per heavy atom. The van der Waals surface area contributed by atoms with Gasteiger partial charge in [0.15, 0.2) is 0 Å². The molecular formula is C12H22Cl2N2O5P+. The number of ether oxygens (including phenoxy) is 2. The molecule has 1 unspecified atom stereocenters. The average molecular weight is 376 g/mol. The van der Waals surface area contributed by atoms with Gasteiger partial charge in [0.1, 0.15) is 13.1 Å². The monoisotopic (exact) mass is 375 g/mol. The first-order chi connectivity index (χ1) is 10.5. The predicted octanol–water partition coefficient (Wildman–Crippen LogP) is 1.85. The summed E-state index contributed by atoms with van der Waals surface area (Å²) in [4.78, 5) is 23.2. The number of hydrogen-bond donors (Lipinski definition) is 0. The Bertz CT molecular complexity index is 347. The van der Waals surface area contributed by atoms with Crippen molar-refractivity contribution < 1.29 is 23.6 Å². The van der Waals surface area contributed by atoms with Crippen molar-refractivity contribution in [3.63, 3.8) is 0 Å². The Hall–Kier alpha value is -0.460. The van der Waals surface area contributed by atoms with Crippen LogP contribution in [-0.2, 0) is 23.6 Å². The number of halogens is 2. The minimum atomic E-state index is -2.16. The van der Waals surface area contributed by atoms with Gasteiger partial charge in [-0.25, -0.2) is 0 Å². The highest BCUT2D eigenvalue weighted by atomic mass is 35.5. The van der Waals surface area contributed by atoms with Crippen LogP contribution in [0.4, 0.5) is 0 Å². The molecule has 0 aliphatic carbocycles. The Kier molecular flexibility index (Phi) is 12.8. The fraction of sp³-hybridized carbons (Fsp3) is 0.833. The first-order valence-electron chi connectivity index (χ1n) is 6.90. The van der Waals surface area contributed by atoms with E-state index in [0.717, 1.165) is 0 Å². The van der Waals surface area contributed by atoms with E-state index in [0.29, 0.717) is 13.1 Å². The van der Waals surface area contributed by atoms with Crippen molar-refractivity contribution in [3.05, 3.63) is 0 Å². The minimum absolute atomic E-state index is 0.204. The molecule has 0 bridgehead atoms. The summed E-state index contributed by atoms with van der Waals surface area (Å²) >= 11 is 11.4. The topological polar surface area (TPSA) is 76.1 Å². The first-order valence-corrected chi connectivity index (χ1v) is 9.13. The van der Waals surface area contributed by atoms with Gasteiger partial charge in [0.25, 0.3) is 0 Å². The van der Waals surface area contributed by atoms with Crippen molar-refractivity contribution in [3.8, 4) is 0 Å². The maximum absolute atomic E-state index is 12.6. The summed E-state index contributed by atoms with van der Waals surface area (Å²) < 4.78 is 25.0. The summed E-state index contributed by atoms with van der Waals surface area (Å²) in [6.07, 6.45) is 0. The van der Waals surface area contributed by atoms with E-state index < -0.39 is 20.0 Å². The smallest absolute Gasteiger partial charge is 0.465 e. The van der Waals surface area contributed by atoms with Crippen LogP contribution in [0.15, 0.2) is 0 Å². The zero-order chi connectivity index (χ0) is 17.0. The van der Waals surface area contributed by atoms with Gasteiger partial charge in [-0.2, -0.15) is 0 Å². The van der Waals surface area contributed by atoms with Crippen LogP contribution in [0.3, 0.4) is 0 Å². The van der Waals surface area contributed by atoms with Crippen LogP contribution in [0.2, 0.25) is 0 Å². The molecule has 0 aliphatic rings. The summed E-state index contributed by atoms with van der Waals surface area (Å²) in [6.45, 7) is 3.84. The van der Waals surface area contributed by atoms with Crippen LogP contribution in [0.25, 0.3) is 0 Å². The highest BCUT2D eigenvalue weighted by molar-refractivity contribution is 7.39. The lowest BCUT2D eigenvalue weighted by Crippen LogP contribution is -2.36. The molecule has 128 valence electrons. The fourth-order valence-electron chi connectivity index (χ4n) is 1.55. The third-order valence-corrected chi connectivity index (χ3v) is 4.39. The quantitative estimate of drug-likeness (QED) is 0.292. The average Bonchev–Trinajstić information content (AvgIpc) is 2.46. The molecule has 7 nitrogen and oxygen atoms in total. The van der Waals surface area contributed by atoms with Gasteiger partial charge in [0, 0.05) is 11.8 Å². The molecule has 0 heterocycles. The Morgan fingerprint density at radius 1 is 0.909 bits per heavy atom. The first kappa shape index (κ1) is 21.5. The Balaban J connectivity index is 4.95. The predicted molar refractivity (Wildman–Crippen MR) is 85.5 cm³/mol. The summed E-state index contributed by atoms with van der Waals surface area (Å²) in [5.74, 6) is -0.617. The minimum Gasteiger partial charge on any atom is -0.465 e. The van der Waals surface area contributed by atoms with Gasteiger partial charge >= 0.3 is 20.0 Å². The molecule has 0 saturated heterocycles. The molecule has 0 radical (unpaired) electrons. The number of nitrogens with zero attached hydrogens (tertiary/aromatic N) is 2. The van der Waals surface area contributed by atoms with Gasteiger partial charge in [0.2, 0.25) is 0 Å². The van der Waals surface area contributed by atoms with E-state index in [1.54, 1.807) is 13.8 Å². The zero-order valence-electron chi connectivity index (χ0n) is 12.8. The van der Waals surface area contributed by atoms with Crippen LogP contribution in [-0.4, -0.2) is 72.4 Å². The molecule has 0 rings (SSSR count). The van der Waals surface area contributed by atoms with Crippen LogP contribution in [0.5, 0.6) is 0 Å². The van der Waals surface area contributed by atoms with E-state index in [-0.39, 0.29) is 38.1 Å². The zero-order valence-corrected chi connectivity index (χ0v) is 15.2. The van der Waals surface area contributed by atoms with E-state index in [1.807, 2.05) is 0 Å². The SMILES string of the molecule is CCOC(=O)CN(CC(=O)OCC)[P+](=O)N(CCCl)CCCl. The number of carbonyl (C=O) groups excluding carboxylic acids is 2. The van der Waals surface area contributed by atoms with E-state index >= 15 is 0 Å². The summed E-state index contributed by atoms with van der Waals surface area (Å²) in [6, 6.07) is 0. The molecule has 0 saturated carbocycles. The van der Waals surface area contributed by atoms with Gasteiger partial charge in [-0.3, -0.25) is 9.59 Å². The standard InChI is InChI=1S/C12H22Cl2N2O5P/c1-3-20-11(17)9-16(10-12(18)21-4-2)22(19)15(7-5-13)8-6-14/h3-10H2,1-2H3/q+1. The molecule has 10 heteroatoms. The second-order valence-electron chi connectivity index (χ2n) is 4.02. The molecule has 0 aromatic carbocycles. The van der Waals surface area contributed by atoms with E-state index in [9.17, 15) is 14.2 Å². The van der Waals surface area contributed by atoms with Crippen LogP contribution < -0.4 is 0 Å². The lowest BCUT2D eigenvalue weighted by Gasteiger charge is -2.15. The lowest BCUT2D eigenvalue weighted by molar-refractivity contribution is -0.146. The van der Waals surface area contributed by atoms with Gasteiger partial charge in [-0.05, 0) is 18.4 Å². The molecule has 0 spiro atoms. The van der Waals surface area contributed by atoms with Crippen molar-refractivity contribution in [1.82, 2.24) is 9.34 Å². The van der Waals surface area contributed by atoms with Crippen molar-refractivity contribution in [1.29, 1.82) is 0 Å². The van der Waals surface area contributed by atoms with Crippen molar-refractivity contribution in [2.24, 2.45) is 0 Å². The normalized spacial score (nSPS) is 11.6. The van der Waals surface area contributed by atoms with Crippen LogP contribution >= 0.6 is 31.3 Å². The Labute approximate surface area is 141 Å². The molecule has 0 aromatic rings. The fourth-order valence-corrected chi connectivity index (χ4v) is 3.56. The number of hydrogen-bond acceptors (Lipinski definition) is 5. The third-order valence-electron chi connectivity index (χ3n) is 2.40. The number of alkyl halides is 2. The second-order valence-corrected chi connectivity index (χ2v) is 6.41. The van der Waals surface area contributed by atoms with E-state index in [1.165, 1.54) is 9.34 Å². The van der Waals surface area contributed by atoms with Crippen LogP contribution in [0.1, 0.15) is 13.8 Å².